The molecule has 2 aromatic heterocycles. The van der Waals surface area contributed by atoms with Gasteiger partial charge in [-0.3, -0.25) is 9.59 Å². The molecule has 35 heavy (non-hydrogen) atoms. The molecule has 1 atom stereocenters. The van der Waals surface area contributed by atoms with Crippen molar-refractivity contribution in [3.63, 3.8) is 0 Å². The van der Waals surface area contributed by atoms with Crippen molar-refractivity contribution in [2.45, 2.75) is 45.1 Å². The fourth-order valence-corrected chi connectivity index (χ4v) is 4.46. The molecule has 0 spiro atoms. The van der Waals surface area contributed by atoms with E-state index >= 15 is 0 Å². The van der Waals surface area contributed by atoms with Gasteiger partial charge in [0.25, 0.3) is 11.5 Å². The van der Waals surface area contributed by atoms with Crippen molar-refractivity contribution < 1.29 is 14.3 Å². The van der Waals surface area contributed by atoms with Gasteiger partial charge in [-0.25, -0.2) is 8.91 Å². The zero-order valence-electron chi connectivity index (χ0n) is 19.6. The molecule has 1 unspecified atom stereocenters. The van der Waals surface area contributed by atoms with Crippen LogP contribution in [0.3, 0.4) is 0 Å². The second-order valence-corrected chi connectivity index (χ2v) is 9.22. The Kier molecular flexibility index (Phi) is 5.98. The van der Waals surface area contributed by atoms with E-state index in [1.54, 1.807) is 18.3 Å². The van der Waals surface area contributed by atoms with Crippen LogP contribution in [0.1, 0.15) is 64.0 Å². The normalized spacial score (nSPS) is 14.3. The zero-order valence-corrected chi connectivity index (χ0v) is 19.6. The zero-order chi connectivity index (χ0) is 24.7. The molecule has 1 aliphatic carbocycles. The molecule has 1 aliphatic rings. The third-order valence-electron chi connectivity index (χ3n) is 6.68. The highest BCUT2D eigenvalue weighted by atomic mass is 19.1. The molecule has 0 bridgehead atoms. The number of aliphatic hydroxyl groups excluding tert-OH is 1. The Morgan fingerprint density at radius 2 is 1.94 bits per heavy atom. The van der Waals surface area contributed by atoms with Gasteiger partial charge in [-0.15, -0.1) is 0 Å². The van der Waals surface area contributed by atoms with Gasteiger partial charge in [-0.1, -0.05) is 24.3 Å². The smallest absolute Gasteiger partial charge is 0.274 e. The number of fused-ring (bicyclic) bond motifs is 1. The lowest BCUT2D eigenvalue weighted by Crippen LogP contribution is -2.30. The number of carbonyl (C=O) groups is 1. The fourth-order valence-electron chi connectivity index (χ4n) is 4.46. The van der Waals surface area contributed by atoms with Crippen LogP contribution in [0.25, 0.3) is 16.8 Å². The van der Waals surface area contributed by atoms with Crippen LogP contribution in [0.2, 0.25) is 0 Å². The summed E-state index contributed by atoms with van der Waals surface area (Å²) in [7, 11) is 0. The number of aromatic amines is 1. The first-order chi connectivity index (χ1) is 16.9. The van der Waals surface area contributed by atoms with Crippen LogP contribution in [-0.2, 0) is 0 Å². The highest BCUT2D eigenvalue weighted by Crippen LogP contribution is 2.43. The van der Waals surface area contributed by atoms with E-state index in [1.165, 1.54) is 16.6 Å². The summed E-state index contributed by atoms with van der Waals surface area (Å²) in [5, 5.41) is 17.0. The van der Waals surface area contributed by atoms with E-state index in [-0.39, 0.29) is 36.0 Å². The minimum atomic E-state index is -0.519. The Balaban J connectivity index is 1.55. The number of nitrogens with zero attached hydrogens (tertiary/aromatic N) is 2. The molecule has 1 amide bonds. The van der Waals surface area contributed by atoms with Gasteiger partial charge in [0.2, 0.25) is 0 Å². The Morgan fingerprint density at radius 3 is 2.60 bits per heavy atom. The summed E-state index contributed by atoms with van der Waals surface area (Å²) in [5.41, 5.74) is 5.37. The summed E-state index contributed by atoms with van der Waals surface area (Å²) in [6.45, 7) is 3.89. The van der Waals surface area contributed by atoms with Crippen molar-refractivity contribution in [3.8, 4) is 11.3 Å². The molecule has 5 rings (SSSR count). The number of nitrogens with one attached hydrogen (secondary N) is 2. The van der Waals surface area contributed by atoms with E-state index in [4.69, 9.17) is 0 Å². The van der Waals surface area contributed by atoms with Crippen LogP contribution in [-0.4, -0.2) is 32.2 Å². The standard InChI is InChI=1S/C27H27FN4O3/c1-15-3-4-19(13-16(15)2)22-14-32-25(27(35)30-22)23(18-5-6-18)24(31-32)26(34)29-21(11-12-33)17-7-9-20(28)10-8-17/h3-4,7-10,13-14,18,21,33H,5-6,11-12H2,1-2H3,(H,29,34)(H,30,35). The number of aliphatic hydroxyl groups is 1. The molecular weight excluding hydrogens is 447 g/mol. The number of carbonyl (C=O) groups excluding carboxylic acids is 1. The summed E-state index contributed by atoms with van der Waals surface area (Å²) < 4.78 is 14.9. The number of aromatic nitrogens is 3. The Labute approximate surface area is 201 Å². The number of hydrogen-bond acceptors (Lipinski definition) is 4. The molecule has 2 heterocycles. The maximum Gasteiger partial charge on any atom is 0.274 e. The van der Waals surface area contributed by atoms with Gasteiger partial charge >= 0.3 is 0 Å². The van der Waals surface area contributed by atoms with Gasteiger partial charge < -0.3 is 15.4 Å². The van der Waals surface area contributed by atoms with E-state index in [1.807, 2.05) is 32.0 Å². The van der Waals surface area contributed by atoms with Crippen molar-refractivity contribution in [3.05, 3.63) is 92.8 Å². The Bertz CT molecular complexity index is 1470. The summed E-state index contributed by atoms with van der Waals surface area (Å²) >= 11 is 0. The second kappa shape index (κ2) is 9.11. The predicted molar refractivity (Wildman–Crippen MR) is 131 cm³/mol. The third-order valence-corrected chi connectivity index (χ3v) is 6.68. The first-order valence-corrected chi connectivity index (χ1v) is 11.8. The fraction of sp³-hybridized carbons (Fsp3) is 0.296. The van der Waals surface area contributed by atoms with Crippen LogP contribution in [0, 0.1) is 19.7 Å². The Hall–Kier alpha value is -3.78. The maximum absolute atomic E-state index is 13.4. The monoisotopic (exact) mass is 474 g/mol. The molecular formula is C27H27FN4O3. The number of benzene rings is 2. The predicted octanol–water partition coefficient (Wildman–Crippen LogP) is 4.18. The summed E-state index contributed by atoms with van der Waals surface area (Å²) in [6.07, 6.45) is 3.78. The maximum atomic E-state index is 13.4. The van der Waals surface area contributed by atoms with E-state index in [0.717, 1.165) is 29.5 Å². The largest absolute Gasteiger partial charge is 0.396 e. The Morgan fingerprint density at radius 1 is 1.20 bits per heavy atom. The summed E-state index contributed by atoms with van der Waals surface area (Å²) in [4.78, 5) is 29.5. The van der Waals surface area contributed by atoms with Gasteiger partial charge in [0.1, 0.15) is 11.3 Å². The van der Waals surface area contributed by atoms with Gasteiger partial charge in [0.05, 0.1) is 17.9 Å². The van der Waals surface area contributed by atoms with Crippen molar-refractivity contribution >= 4 is 11.4 Å². The number of aryl methyl sites for hydroxylation is 2. The van der Waals surface area contributed by atoms with E-state index < -0.39 is 11.9 Å². The van der Waals surface area contributed by atoms with E-state index in [0.29, 0.717) is 22.3 Å². The third kappa shape index (κ3) is 4.49. The first-order valence-electron chi connectivity index (χ1n) is 11.8. The summed E-state index contributed by atoms with van der Waals surface area (Å²) in [6, 6.07) is 11.2. The van der Waals surface area contributed by atoms with Gasteiger partial charge in [-0.2, -0.15) is 5.10 Å². The van der Waals surface area contributed by atoms with Crippen molar-refractivity contribution in [1.82, 2.24) is 19.9 Å². The number of amides is 1. The molecule has 1 fully saturated rings. The van der Waals surface area contributed by atoms with E-state index in [2.05, 4.69) is 15.4 Å². The SMILES string of the molecule is Cc1ccc(-c2cn3nc(C(=O)NC(CCO)c4ccc(F)cc4)c(C4CC4)c3c(=O)[nH]2)cc1C. The molecule has 4 aromatic rings. The highest BCUT2D eigenvalue weighted by Gasteiger charge is 2.34. The van der Waals surface area contributed by atoms with E-state index in [9.17, 15) is 19.1 Å². The van der Waals surface area contributed by atoms with Crippen LogP contribution in [0.15, 0.2) is 53.5 Å². The van der Waals surface area contributed by atoms with Crippen LogP contribution in [0.4, 0.5) is 4.39 Å². The molecule has 0 saturated heterocycles. The topological polar surface area (TPSA) is 99.5 Å². The van der Waals surface area contributed by atoms with Gasteiger partial charge in [0, 0.05) is 12.2 Å². The number of hydrogen-bond donors (Lipinski definition) is 3. The second-order valence-electron chi connectivity index (χ2n) is 9.22. The molecule has 8 heteroatoms. The number of rotatable bonds is 7. The minimum absolute atomic E-state index is 0.101. The van der Waals surface area contributed by atoms with Crippen molar-refractivity contribution in [2.24, 2.45) is 0 Å². The highest BCUT2D eigenvalue weighted by molar-refractivity contribution is 5.96. The molecule has 7 nitrogen and oxygen atoms in total. The molecule has 1 saturated carbocycles. The van der Waals surface area contributed by atoms with Crippen molar-refractivity contribution in [2.75, 3.05) is 6.61 Å². The number of H-pyrrole nitrogens is 1. The average Bonchev–Trinajstić information content (AvgIpc) is 3.60. The van der Waals surface area contributed by atoms with Gasteiger partial charge in [0.15, 0.2) is 5.69 Å². The molecule has 2 aromatic carbocycles. The summed E-state index contributed by atoms with van der Waals surface area (Å²) in [5.74, 6) is -0.701. The van der Waals surface area contributed by atoms with Crippen molar-refractivity contribution in [1.29, 1.82) is 0 Å². The lowest BCUT2D eigenvalue weighted by atomic mass is 10.0. The lowest BCUT2D eigenvalue weighted by molar-refractivity contribution is 0.0923. The minimum Gasteiger partial charge on any atom is -0.396 e. The van der Waals surface area contributed by atoms with Crippen LogP contribution >= 0.6 is 0 Å². The average molecular weight is 475 g/mol. The lowest BCUT2D eigenvalue weighted by Gasteiger charge is -2.18. The molecule has 3 N–H and O–H groups in total. The molecule has 180 valence electrons. The molecule has 0 radical (unpaired) electrons. The quantitative estimate of drug-likeness (QED) is 0.374. The first kappa shape index (κ1) is 23.0. The van der Waals surface area contributed by atoms with Crippen LogP contribution in [0.5, 0.6) is 0 Å². The number of halogens is 1. The van der Waals surface area contributed by atoms with Crippen LogP contribution < -0.4 is 10.9 Å². The van der Waals surface area contributed by atoms with Gasteiger partial charge in [-0.05, 0) is 79.5 Å². The molecule has 0 aliphatic heterocycles.